The summed E-state index contributed by atoms with van der Waals surface area (Å²) in [5, 5.41) is 0. The highest BCUT2D eigenvalue weighted by molar-refractivity contribution is 4.91. The fourth-order valence-electron chi connectivity index (χ4n) is 1.36. The Morgan fingerprint density at radius 2 is 1.93 bits per heavy atom. The predicted octanol–water partition coefficient (Wildman–Crippen LogP) is 3.77. The molecule has 1 atom stereocenters. The summed E-state index contributed by atoms with van der Waals surface area (Å²) in [6.45, 7) is 6.93. The van der Waals surface area contributed by atoms with Crippen molar-refractivity contribution in [3.63, 3.8) is 0 Å². The molecule has 0 aromatic heterocycles. The Labute approximate surface area is 94.7 Å². The molecule has 0 radical (unpaired) electrons. The van der Waals surface area contributed by atoms with Crippen molar-refractivity contribution in [3.05, 3.63) is 12.2 Å². The van der Waals surface area contributed by atoms with E-state index < -0.39 is 0 Å². The number of rotatable bonds is 9. The van der Waals surface area contributed by atoms with Crippen LogP contribution in [0.25, 0.3) is 0 Å². The van der Waals surface area contributed by atoms with Crippen LogP contribution in [-0.2, 0) is 9.47 Å². The van der Waals surface area contributed by atoms with Gasteiger partial charge in [0.2, 0.25) is 0 Å². The second-order valence-electron chi connectivity index (χ2n) is 4.21. The third kappa shape index (κ3) is 8.64. The Balaban J connectivity index is 3.72. The van der Waals surface area contributed by atoms with Crippen LogP contribution in [0.4, 0.5) is 0 Å². The van der Waals surface area contributed by atoms with E-state index in [1.54, 1.807) is 7.11 Å². The van der Waals surface area contributed by atoms with Gasteiger partial charge in [0.1, 0.15) is 6.79 Å². The Hall–Kier alpha value is -0.340. The van der Waals surface area contributed by atoms with E-state index in [0.717, 1.165) is 6.42 Å². The minimum absolute atomic E-state index is 0.187. The van der Waals surface area contributed by atoms with E-state index in [0.29, 0.717) is 12.7 Å². The monoisotopic (exact) mass is 214 g/mol. The molecule has 15 heavy (non-hydrogen) atoms. The zero-order valence-electron chi connectivity index (χ0n) is 10.7. The van der Waals surface area contributed by atoms with Crippen LogP contribution in [0.15, 0.2) is 12.2 Å². The molecule has 0 aliphatic rings. The zero-order chi connectivity index (χ0) is 11.5. The maximum absolute atomic E-state index is 5.55. The largest absolute Gasteiger partial charge is 0.359 e. The molecular formula is C13H26O2. The maximum Gasteiger partial charge on any atom is 0.147 e. The van der Waals surface area contributed by atoms with E-state index in [1.807, 2.05) is 0 Å². The molecule has 0 heterocycles. The summed E-state index contributed by atoms with van der Waals surface area (Å²) >= 11 is 0. The van der Waals surface area contributed by atoms with Gasteiger partial charge in [0.15, 0.2) is 0 Å². The van der Waals surface area contributed by atoms with Gasteiger partial charge in [-0.3, -0.25) is 0 Å². The number of hydrogen-bond donors (Lipinski definition) is 0. The molecule has 0 bridgehead atoms. The quantitative estimate of drug-likeness (QED) is 0.330. The fourth-order valence-corrected chi connectivity index (χ4v) is 1.36. The highest BCUT2D eigenvalue weighted by Crippen LogP contribution is 2.09. The molecule has 0 saturated heterocycles. The second kappa shape index (κ2) is 10.2. The standard InChI is InChI=1S/C13H26O2/c1-5-6-7-8-9-10-13(12(2)3)15-11-14-4/h9-10,12-13H,5-8,11H2,1-4H3/b10-9+. The molecule has 0 aliphatic carbocycles. The Kier molecular flexibility index (Phi) is 9.96. The summed E-state index contributed by atoms with van der Waals surface area (Å²) in [6, 6.07) is 0. The minimum Gasteiger partial charge on any atom is -0.359 e. The van der Waals surface area contributed by atoms with E-state index in [2.05, 4.69) is 32.9 Å². The third-order valence-corrected chi connectivity index (χ3v) is 2.34. The number of ether oxygens (including phenoxy) is 2. The van der Waals surface area contributed by atoms with E-state index in [4.69, 9.17) is 9.47 Å². The van der Waals surface area contributed by atoms with Gasteiger partial charge in [-0.1, -0.05) is 45.8 Å². The van der Waals surface area contributed by atoms with Gasteiger partial charge in [-0.15, -0.1) is 0 Å². The Morgan fingerprint density at radius 1 is 1.20 bits per heavy atom. The van der Waals surface area contributed by atoms with Crippen molar-refractivity contribution >= 4 is 0 Å². The molecule has 1 unspecified atom stereocenters. The van der Waals surface area contributed by atoms with Crippen molar-refractivity contribution in [2.75, 3.05) is 13.9 Å². The highest BCUT2D eigenvalue weighted by atomic mass is 16.7. The minimum atomic E-state index is 0.187. The zero-order valence-corrected chi connectivity index (χ0v) is 10.7. The smallest absolute Gasteiger partial charge is 0.147 e. The van der Waals surface area contributed by atoms with Crippen molar-refractivity contribution < 1.29 is 9.47 Å². The normalized spacial score (nSPS) is 13.9. The lowest BCUT2D eigenvalue weighted by atomic mass is 10.1. The molecule has 0 rings (SSSR count). The molecule has 0 aliphatic heterocycles. The summed E-state index contributed by atoms with van der Waals surface area (Å²) in [6.07, 6.45) is 9.62. The van der Waals surface area contributed by atoms with E-state index in [1.165, 1.54) is 19.3 Å². The van der Waals surface area contributed by atoms with Crippen molar-refractivity contribution in [1.82, 2.24) is 0 Å². The maximum atomic E-state index is 5.55. The van der Waals surface area contributed by atoms with Crippen molar-refractivity contribution in [1.29, 1.82) is 0 Å². The molecule has 0 saturated carbocycles. The molecule has 0 amide bonds. The summed E-state index contributed by atoms with van der Waals surface area (Å²) < 4.78 is 10.5. The van der Waals surface area contributed by atoms with Gasteiger partial charge in [-0.25, -0.2) is 0 Å². The van der Waals surface area contributed by atoms with Crippen LogP contribution >= 0.6 is 0 Å². The van der Waals surface area contributed by atoms with Gasteiger partial charge in [0, 0.05) is 7.11 Å². The fraction of sp³-hybridized carbons (Fsp3) is 0.846. The lowest BCUT2D eigenvalue weighted by molar-refractivity contribution is -0.0686. The molecule has 2 nitrogen and oxygen atoms in total. The van der Waals surface area contributed by atoms with Gasteiger partial charge < -0.3 is 9.47 Å². The highest BCUT2D eigenvalue weighted by Gasteiger charge is 2.08. The van der Waals surface area contributed by atoms with Crippen LogP contribution in [0.3, 0.4) is 0 Å². The van der Waals surface area contributed by atoms with Crippen LogP contribution < -0.4 is 0 Å². The lowest BCUT2D eigenvalue weighted by Gasteiger charge is -2.17. The van der Waals surface area contributed by atoms with E-state index >= 15 is 0 Å². The van der Waals surface area contributed by atoms with Crippen LogP contribution in [0.2, 0.25) is 0 Å². The number of allylic oxidation sites excluding steroid dienone is 1. The van der Waals surface area contributed by atoms with Gasteiger partial charge >= 0.3 is 0 Å². The average molecular weight is 214 g/mol. The van der Waals surface area contributed by atoms with E-state index in [-0.39, 0.29) is 6.10 Å². The summed E-state index contributed by atoms with van der Waals surface area (Å²) in [5.74, 6) is 0.502. The van der Waals surface area contributed by atoms with Gasteiger partial charge in [0.25, 0.3) is 0 Å². The summed E-state index contributed by atoms with van der Waals surface area (Å²) in [7, 11) is 1.66. The molecule has 0 aromatic carbocycles. The average Bonchev–Trinajstić information content (AvgIpc) is 2.21. The van der Waals surface area contributed by atoms with Crippen molar-refractivity contribution in [2.24, 2.45) is 5.92 Å². The number of methoxy groups -OCH3 is 1. The van der Waals surface area contributed by atoms with Crippen molar-refractivity contribution in [2.45, 2.75) is 52.6 Å². The molecule has 90 valence electrons. The lowest BCUT2D eigenvalue weighted by Crippen LogP contribution is -2.18. The molecular weight excluding hydrogens is 188 g/mol. The van der Waals surface area contributed by atoms with E-state index in [9.17, 15) is 0 Å². The first-order chi connectivity index (χ1) is 7.22. The summed E-state index contributed by atoms with van der Waals surface area (Å²) in [5.41, 5.74) is 0. The molecule has 0 aromatic rings. The number of unbranched alkanes of at least 4 members (excludes halogenated alkanes) is 3. The second-order valence-corrected chi connectivity index (χ2v) is 4.21. The first-order valence-corrected chi connectivity index (χ1v) is 5.99. The van der Waals surface area contributed by atoms with Crippen molar-refractivity contribution in [3.8, 4) is 0 Å². The number of hydrogen-bond acceptors (Lipinski definition) is 2. The van der Waals surface area contributed by atoms with Crippen LogP contribution in [-0.4, -0.2) is 20.0 Å². The molecule has 0 spiro atoms. The van der Waals surface area contributed by atoms with Gasteiger partial charge in [0.05, 0.1) is 6.10 Å². The first-order valence-electron chi connectivity index (χ1n) is 5.99. The predicted molar refractivity (Wildman–Crippen MR) is 64.9 cm³/mol. The van der Waals surface area contributed by atoms with Crippen LogP contribution in [0.1, 0.15) is 46.5 Å². The summed E-state index contributed by atoms with van der Waals surface area (Å²) in [4.78, 5) is 0. The molecule has 0 fully saturated rings. The molecule has 0 N–H and O–H groups in total. The SMILES string of the molecule is CCCCC/C=C/C(OCOC)C(C)C. The van der Waals surface area contributed by atoms with Gasteiger partial charge in [-0.05, 0) is 18.8 Å². The third-order valence-electron chi connectivity index (χ3n) is 2.34. The Morgan fingerprint density at radius 3 is 2.47 bits per heavy atom. The molecule has 2 heteroatoms. The Bertz CT molecular complexity index is 153. The van der Waals surface area contributed by atoms with Crippen LogP contribution in [0, 0.1) is 5.92 Å². The van der Waals surface area contributed by atoms with Crippen LogP contribution in [0.5, 0.6) is 0 Å². The topological polar surface area (TPSA) is 18.5 Å². The van der Waals surface area contributed by atoms with Gasteiger partial charge in [-0.2, -0.15) is 0 Å². The first kappa shape index (κ1) is 14.7.